The van der Waals surface area contributed by atoms with Gasteiger partial charge in [0.1, 0.15) is 0 Å². The van der Waals surface area contributed by atoms with Gasteiger partial charge in [-0.3, -0.25) is 19.4 Å². The highest BCUT2D eigenvalue weighted by molar-refractivity contribution is 5.81. The highest BCUT2D eigenvalue weighted by atomic mass is 16.2. The zero-order chi connectivity index (χ0) is 19.4. The lowest BCUT2D eigenvalue weighted by Gasteiger charge is -2.35. The molecule has 1 aliphatic rings. The summed E-state index contributed by atoms with van der Waals surface area (Å²) in [6.45, 7) is 10.7. The van der Waals surface area contributed by atoms with Gasteiger partial charge in [0, 0.05) is 43.0 Å². The van der Waals surface area contributed by atoms with Crippen molar-refractivity contribution < 1.29 is 4.79 Å². The molecule has 3 rings (SSSR count). The standard InChI is InChI=1S/C21H31N5O/c1-5-8-26-15-17(12-24-26)19-14-22-18(13-23-19)11-16-6-9-25(10-7-16)20(27)21(2,3)4/h12-16H,5-11H2,1-4H3. The molecule has 0 unspecified atom stereocenters. The van der Waals surface area contributed by atoms with E-state index in [1.165, 1.54) is 0 Å². The van der Waals surface area contributed by atoms with Crippen LogP contribution in [0.15, 0.2) is 24.8 Å². The number of hydrogen-bond donors (Lipinski definition) is 0. The second-order valence-corrected chi connectivity index (χ2v) is 8.57. The van der Waals surface area contributed by atoms with Gasteiger partial charge in [-0.15, -0.1) is 0 Å². The van der Waals surface area contributed by atoms with Crippen LogP contribution < -0.4 is 0 Å². The normalized spacial score (nSPS) is 15.9. The van der Waals surface area contributed by atoms with Crippen LogP contribution in [0.2, 0.25) is 0 Å². The lowest BCUT2D eigenvalue weighted by Crippen LogP contribution is -2.44. The van der Waals surface area contributed by atoms with E-state index in [-0.39, 0.29) is 11.3 Å². The molecule has 6 heteroatoms. The number of carbonyl (C=O) groups excluding carboxylic acids is 1. The SMILES string of the molecule is CCCn1cc(-c2cnc(CC3CCN(C(=O)C(C)(C)C)CC3)cn2)cn1. The number of piperidine rings is 1. The molecule has 27 heavy (non-hydrogen) atoms. The van der Waals surface area contributed by atoms with E-state index in [1.807, 2.05) is 55.1 Å². The second-order valence-electron chi connectivity index (χ2n) is 8.57. The van der Waals surface area contributed by atoms with Gasteiger partial charge < -0.3 is 4.90 Å². The Morgan fingerprint density at radius 3 is 2.48 bits per heavy atom. The van der Waals surface area contributed by atoms with Crippen LogP contribution in [-0.4, -0.2) is 43.6 Å². The first kappa shape index (κ1) is 19.5. The summed E-state index contributed by atoms with van der Waals surface area (Å²) in [5.74, 6) is 0.829. The van der Waals surface area contributed by atoms with Gasteiger partial charge in [0.05, 0.1) is 23.8 Å². The van der Waals surface area contributed by atoms with Gasteiger partial charge in [0.25, 0.3) is 0 Å². The summed E-state index contributed by atoms with van der Waals surface area (Å²) in [4.78, 5) is 23.6. The fourth-order valence-electron chi connectivity index (χ4n) is 3.57. The Balaban J connectivity index is 1.54. The Labute approximate surface area is 162 Å². The largest absolute Gasteiger partial charge is 0.342 e. The third-order valence-corrected chi connectivity index (χ3v) is 5.13. The molecule has 0 spiro atoms. The van der Waals surface area contributed by atoms with E-state index in [4.69, 9.17) is 0 Å². The fourth-order valence-corrected chi connectivity index (χ4v) is 3.57. The number of nitrogens with zero attached hydrogens (tertiary/aromatic N) is 5. The first-order valence-electron chi connectivity index (χ1n) is 10.00. The zero-order valence-electron chi connectivity index (χ0n) is 17.0. The van der Waals surface area contributed by atoms with Gasteiger partial charge in [-0.1, -0.05) is 27.7 Å². The number of carbonyl (C=O) groups is 1. The van der Waals surface area contributed by atoms with Gasteiger partial charge >= 0.3 is 0 Å². The van der Waals surface area contributed by atoms with Crippen LogP contribution in [0, 0.1) is 11.3 Å². The summed E-state index contributed by atoms with van der Waals surface area (Å²) < 4.78 is 1.94. The number of rotatable bonds is 5. The molecule has 1 saturated heterocycles. The molecule has 146 valence electrons. The third kappa shape index (κ3) is 4.93. The predicted molar refractivity (Wildman–Crippen MR) is 106 cm³/mol. The summed E-state index contributed by atoms with van der Waals surface area (Å²) in [6.07, 6.45) is 11.7. The summed E-state index contributed by atoms with van der Waals surface area (Å²) in [5, 5.41) is 4.35. The Hall–Kier alpha value is -2.24. The number of hydrogen-bond acceptors (Lipinski definition) is 4. The molecule has 0 bridgehead atoms. The number of amides is 1. The molecule has 0 atom stereocenters. The topological polar surface area (TPSA) is 63.9 Å². The number of aryl methyl sites for hydroxylation is 1. The molecule has 1 fully saturated rings. The van der Waals surface area contributed by atoms with Crippen LogP contribution in [0.5, 0.6) is 0 Å². The minimum atomic E-state index is -0.293. The summed E-state index contributed by atoms with van der Waals surface area (Å²) in [6, 6.07) is 0. The van der Waals surface area contributed by atoms with Crippen LogP contribution in [0.1, 0.15) is 52.7 Å². The highest BCUT2D eigenvalue weighted by Crippen LogP contribution is 2.25. The van der Waals surface area contributed by atoms with Crippen molar-refractivity contribution in [2.45, 2.75) is 59.9 Å². The molecule has 0 aromatic carbocycles. The van der Waals surface area contributed by atoms with Gasteiger partial charge in [0.2, 0.25) is 5.91 Å². The van der Waals surface area contributed by atoms with Crippen molar-refractivity contribution in [2.24, 2.45) is 11.3 Å². The molecule has 0 saturated carbocycles. The van der Waals surface area contributed by atoms with Crippen LogP contribution in [0.4, 0.5) is 0 Å². The van der Waals surface area contributed by atoms with Crippen molar-refractivity contribution in [1.82, 2.24) is 24.6 Å². The molecular formula is C21H31N5O. The molecule has 1 aliphatic heterocycles. The molecule has 3 heterocycles. The summed E-state index contributed by atoms with van der Waals surface area (Å²) in [5.41, 5.74) is 2.61. The third-order valence-electron chi connectivity index (χ3n) is 5.13. The Kier molecular flexibility index (Phi) is 5.92. The smallest absolute Gasteiger partial charge is 0.227 e. The van der Waals surface area contributed by atoms with Crippen molar-refractivity contribution in [1.29, 1.82) is 0 Å². The first-order chi connectivity index (χ1) is 12.9. The van der Waals surface area contributed by atoms with Crippen molar-refractivity contribution in [3.05, 3.63) is 30.5 Å². The minimum Gasteiger partial charge on any atom is -0.342 e. The van der Waals surface area contributed by atoms with E-state index in [9.17, 15) is 4.79 Å². The zero-order valence-corrected chi connectivity index (χ0v) is 17.0. The van der Waals surface area contributed by atoms with Crippen molar-refractivity contribution in [3.8, 4) is 11.3 Å². The number of aromatic nitrogens is 4. The maximum Gasteiger partial charge on any atom is 0.227 e. The molecule has 2 aromatic rings. The number of likely N-dealkylation sites (tertiary alicyclic amines) is 1. The molecule has 6 nitrogen and oxygen atoms in total. The Morgan fingerprint density at radius 1 is 1.15 bits per heavy atom. The maximum atomic E-state index is 12.4. The van der Waals surface area contributed by atoms with Crippen LogP contribution in [-0.2, 0) is 17.8 Å². The van der Waals surface area contributed by atoms with Crippen molar-refractivity contribution in [3.63, 3.8) is 0 Å². The van der Waals surface area contributed by atoms with Gasteiger partial charge in [0.15, 0.2) is 0 Å². The average molecular weight is 370 g/mol. The maximum absolute atomic E-state index is 12.4. The van der Waals surface area contributed by atoms with E-state index in [1.54, 1.807) is 0 Å². The molecule has 0 aliphatic carbocycles. The van der Waals surface area contributed by atoms with Crippen molar-refractivity contribution in [2.75, 3.05) is 13.1 Å². The van der Waals surface area contributed by atoms with Crippen LogP contribution >= 0.6 is 0 Å². The van der Waals surface area contributed by atoms with Crippen molar-refractivity contribution >= 4 is 5.91 Å². The average Bonchev–Trinajstić information content (AvgIpc) is 3.11. The molecular weight excluding hydrogens is 338 g/mol. The predicted octanol–water partition coefficient (Wildman–Crippen LogP) is 3.58. The minimum absolute atomic E-state index is 0.258. The summed E-state index contributed by atoms with van der Waals surface area (Å²) in [7, 11) is 0. The fraction of sp³-hybridized carbons (Fsp3) is 0.619. The molecule has 1 amide bonds. The van der Waals surface area contributed by atoms with E-state index in [2.05, 4.69) is 22.0 Å². The van der Waals surface area contributed by atoms with Gasteiger partial charge in [-0.2, -0.15) is 5.10 Å². The monoisotopic (exact) mass is 369 g/mol. The highest BCUT2D eigenvalue weighted by Gasteiger charge is 2.30. The summed E-state index contributed by atoms with van der Waals surface area (Å²) >= 11 is 0. The van der Waals surface area contributed by atoms with E-state index in [0.29, 0.717) is 5.92 Å². The first-order valence-corrected chi connectivity index (χ1v) is 10.00. The van der Waals surface area contributed by atoms with E-state index in [0.717, 1.165) is 62.3 Å². The lowest BCUT2D eigenvalue weighted by atomic mass is 9.89. The van der Waals surface area contributed by atoms with Crippen LogP contribution in [0.3, 0.4) is 0 Å². The van der Waals surface area contributed by atoms with E-state index >= 15 is 0 Å². The second kappa shape index (κ2) is 8.19. The van der Waals surface area contributed by atoms with E-state index < -0.39 is 0 Å². The molecule has 2 aromatic heterocycles. The van der Waals surface area contributed by atoms with Gasteiger partial charge in [-0.25, -0.2) is 0 Å². The lowest BCUT2D eigenvalue weighted by molar-refractivity contribution is -0.140. The molecule has 0 N–H and O–H groups in total. The van der Waals surface area contributed by atoms with Crippen LogP contribution in [0.25, 0.3) is 11.3 Å². The van der Waals surface area contributed by atoms with Gasteiger partial charge in [-0.05, 0) is 31.6 Å². The quantitative estimate of drug-likeness (QED) is 0.808. The Morgan fingerprint density at radius 2 is 1.89 bits per heavy atom. The molecule has 0 radical (unpaired) electrons. The Bertz CT molecular complexity index is 752.